The summed E-state index contributed by atoms with van der Waals surface area (Å²) in [6, 6.07) is 0.963. The van der Waals surface area contributed by atoms with Gasteiger partial charge in [-0.05, 0) is 12.3 Å². The average molecular weight is 831 g/mol. The molecule has 2 heterocycles. The minimum absolute atomic E-state index is 0.0869. The van der Waals surface area contributed by atoms with Crippen molar-refractivity contribution in [2.75, 3.05) is 26.3 Å². The lowest BCUT2D eigenvalue weighted by atomic mass is 10.0. The first-order valence-corrected chi connectivity index (χ1v) is 21.1. The topological polar surface area (TPSA) is 343 Å². The lowest BCUT2D eigenvalue weighted by Gasteiger charge is -2.32. The highest BCUT2D eigenvalue weighted by Gasteiger charge is 2.53. The number of hydrogen-bond acceptors (Lipinski definition) is 16. The number of aromatic nitrogens is 2. The smallest absolute Gasteiger partial charge is 0.433 e. The van der Waals surface area contributed by atoms with Crippen molar-refractivity contribution in [3.8, 4) is 0 Å². The summed E-state index contributed by atoms with van der Waals surface area (Å²) in [5.41, 5.74) is 3.00. The van der Waals surface area contributed by atoms with E-state index in [0.29, 0.717) is 23.9 Å². The molecule has 1 saturated heterocycles. The van der Waals surface area contributed by atoms with Crippen molar-refractivity contribution < 1.29 is 67.9 Å². The Morgan fingerprint density at radius 1 is 0.964 bits per heavy atom. The highest BCUT2D eigenvalue weighted by atomic mass is 31.3. The largest absolute Gasteiger partial charge is 0.492 e. The van der Waals surface area contributed by atoms with Gasteiger partial charge < -0.3 is 50.5 Å². The molecule has 12 N–H and O–H groups in total. The number of unbranched alkanes of at least 4 members (excludes halogenated alkanes) is 8. The van der Waals surface area contributed by atoms with Gasteiger partial charge in [0.2, 0.25) is 5.91 Å². The molecule has 9 atom stereocenters. The van der Waals surface area contributed by atoms with Gasteiger partial charge in [-0.1, -0.05) is 71.6 Å². The lowest BCUT2D eigenvalue weighted by molar-refractivity contribution is -0.119. The van der Waals surface area contributed by atoms with Crippen molar-refractivity contribution in [2.45, 2.75) is 121 Å². The third-order valence-corrected chi connectivity index (χ3v) is 12.8. The molecule has 1 amide bonds. The predicted molar refractivity (Wildman–Crippen MR) is 193 cm³/mol. The second kappa shape index (κ2) is 21.4. The molecule has 9 unspecified atom stereocenters. The minimum atomic E-state index is -5.75. The SMILES string of the molecule is CC(C)CCCCCCCCCCCN(N)OP(=O)(O)N(CC(N)=O)P(=O)(O)OC1C(OCC2OC(n3ccc(=O)[nH]c3=O)C(O)C2O)=C(CO)C(O)C1O. The van der Waals surface area contributed by atoms with Crippen LogP contribution in [0.25, 0.3) is 0 Å². The molecule has 1 aliphatic carbocycles. The number of rotatable bonds is 25. The maximum Gasteiger partial charge on any atom is 0.433 e. The summed E-state index contributed by atoms with van der Waals surface area (Å²) in [4.78, 5) is 59.2. The van der Waals surface area contributed by atoms with Crippen LogP contribution in [0, 0.1) is 5.92 Å². The van der Waals surface area contributed by atoms with Crippen molar-refractivity contribution in [1.29, 1.82) is 0 Å². The number of aromatic amines is 1. The van der Waals surface area contributed by atoms with E-state index in [2.05, 4.69) is 13.8 Å². The van der Waals surface area contributed by atoms with Crippen molar-refractivity contribution in [2.24, 2.45) is 17.5 Å². The first-order valence-electron chi connectivity index (χ1n) is 18.1. The molecule has 2 aliphatic rings. The molecule has 1 aromatic heterocycles. The molecule has 0 saturated carbocycles. The minimum Gasteiger partial charge on any atom is -0.492 e. The summed E-state index contributed by atoms with van der Waals surface area (Å²) in [5.74, 6) is 4.41. The zero-order chi connectivity index (χ0) is 41.1. The van der Waals surface area contributed by atoms with Gasteiger partial charge in [0.25, 0.3) is 5.56 Å². The van der Waals surface area contributed by atoms with Crippen molar-refractivity contribution in [1.82, 2.24) is 19.2 Å². The number of carbonyl (C=O) groups excluding carboxylic acids is 1. The monoisotopic (exact) mass is 830 g/mol. The van der Waals surface area contributed by atoms with Crippen LogP contribution in [0.15, 0.2) is 33.2 Å². The Morgan fingerprint density at radius 2 is 1.56 bits per heavy atom. The molecule has 0 radical (unpaired) electrons. The molecule has 24 heteroatoms. The number of hydroxylamine groups is 1. The quantitative estimate of drug-likeness (QED) is 0.0249. The standard InChI is InChI=1S/C31H56N6O16P2/c1-19(2)12-10-8-6-4-3-5-7-9-11-14-36(33)53-55(48,49)37(16-22(32)39)54(46,47)52-29-26(43)24(41)20(17-38)28(29)50-18-21-25(42)27(44)30(51-21)35-15-13-23(40)34-31(35)45/h13,15,19,21,24-27,29-30,38,41-44H,3-12,14,16-18,33H2,1-2H3,(H2,32,39)(H,46,47)(H,48,49)(H,34,40,45). The van der Waals surface area contributed by atoms with Crippen LogP contribution in [-0.4, -0.2) is 123 Å². The molecule has 1 aromatic rings. The lowest BCUT2D eigenvalue weighted by Crippen LogP contribution is -2.39. The highest BCUT2D eigenvalue weighted by Crippen LogP contribution is 2.64. The number of carbonyl (C=O) groups is 1. The zero-order valence-corrected chi connectivity index (χ0v) is 32.7. The Labute approximate surface area is 317 Å². The van der Waals surface area contributed by atoms with E-state index in [0.717, 1.165) is 42.5 Å². The molecule has 22 nitrogen and oxygen atoms in total. The van der Waals surface area contributed by atoms with Crippen LogP contribution in [0.5, 0.6) is 0 Å². The summed E-state index contributed by atoms with van der Waals surface area (Å²) < 4.78 is 48.5. The van der Waals surface area contributed by atoms with Crippen LogP contribution < -0.4 is 22.8 Å². The fourth-order valence-electron chi connectivity index (χ4n) is 6.15. The number of amides is 1. The fourth-order valence-corrected chi connectivity index (χ4v) is 9.22. The first-order chi connectivity index (χ1) is 25.8. The van der Waals surface area contributed by atoms with E-state index in [9.17, 15) is 58.8 Å². The van der Waals surface area contributed by atoms with Gasteiger partial charge in [0.1, 0.15) is 42.9 Å². The summed E-state index contributed by atoms with van der Waals surface area (Å²) >= 11 is 0. The first kappa shape index (κ1) is 47.0. The van der Waals surface area contributed by atoms with Crippen molar-refractivity contribution in [3.63, 3.8) is 0 Å². The Kier molecular flexibility index (Phi) is 18.3. The van der Waals surface area contributed by atoms with Gasteiger partial charge in [-0.25, -0.2) is 19.8 Å². The number of hydrogen-bond donors (Lipinski definition) is 10. The normalized spacial score (nSPS) is 26.6. The third kappa shape index (κ3) is 13.3. The van der Waals surface area contributed by atoms with Gasteiger partial charge in [-0.3, -0.25) is 23.7 Å². The summed E-state index contributed by atoms with van der Waals surface area (Å²) in [6.45, 7) is 1.17. The molecule has 316 valence electrons. The zero-order valence-electron chi connectivity index (χ0n) is 30.9. The van der Waals surface area contributed by atoms with E-state index < -0.39 is 107 Å². The fraction of sp³-hybridized carbons (Fsp3) is 0.774. The van der Waals surface area contributed by atoms with Gasteiger partial charge in [0.15, 0.2) is 12.3 Å². The Balaban J connectivity index is 1.64. The number of nitrogens with two attached hydrogens (primary N) is 2. The van der Waals surface area contributed by atoms with E-state index in [4.69, 9.17) is 30.2 Å². The van der Waals surface area contributed by atoms with Gasteiger partial charge in [0.05, 0.1) is 13.2 Å². The van der Waals surface area contributed by atoms with E-state index in [1.54, 1.807) is 0 Å². The molecule has 1 aliphatic heterocycles. The number of primary amides is 1. The van der Waals surface area contributed by atoms with Crippen LogP contribution in [0.3, 0.4) is 0 Å². The highest BCUT2D eigenvalue weighted by molar-refractivity contribution is 7.66. The van der Waals surface area contributed by atoms with Crippen LogP contribution in [-0.2, 0) is 32.5 Å². The van der Waals surface area contributed by atoms with Crippen LogP contribution in [0.2, 0.25) is 0 Å². The number of H-pyrrole nitrogens is 1. The van der Waals surface area contributed by atoms with Gasteiger partial charge in [-0.2, -0.15) is 4.62 Å². The van der Waals surface area contributed by atoms with Crippen LogP contribution >= 0.6 is 15.5 Å². The van der Waals surface area contributed by atoms with Gasteiger partial charge >= 0.3 is 21.2 Å². The van der Waals surface area contributed by atoms with Crippen molar-refractivity contribution in [3.05, 3.63) is 44.4 Å². The molecular weight excluding hydrogens is 774 g/mol. The second-order valence-electron chi connectivity index (χ2n) is 13.9. The average Bonchev–Trinajstić information content (AvgIpc) is 3.49. The number of nitrogens with one attached hydrogen (secondary N) is 1. The maximum absolute atomic E-state index is 13.6. The summed E-state index contributed by atoms with van der Waals surface area (Å²) in [7, 11) is -11.3. The molecule has 1 fully saturated rings. The molecule has 0 bridgehead atoms. The van der Waals surface area contributed by atoms with Gasteiger partial charge in [-0.15, -0.1) is 9.61 Å². The van der Waals surface area contributed by atoms with E-state index in [1.807, 2.05) is 4.98 Å². The Hall–Kier alpha value is -2.37. The molecule has 55 heavy (non-hydrogen) atoms. The van der Waals surface area contributed by atoms with E-state index in [-0.39, 0.29) is 11.0 Å². The predicted octanol–water partition coefficient (Wildman–Crippen LogP) is -0.808. The molecule has 3 rings (SSSR count). The number of aliphatic hydroxyl groups is 5. The second-order valence-corrected chi connectivity index (χ2v) is 17.6. The van der Waals surface area contributed by atoms with E-state index >= 15 is 0 Å². The Morgan fingerprint density at radius 3 is 2.13 bits per heavy atom. The number of nitrogens with zero attached hydrogens (tertiary/aromatic N) is 3. The number of ether oxygens (including phenoxy) is 2. The summed E-state index contributed by atoms with van der Waals surface area (Å²) in [5, 5.41) is 52.8. The number of aliphatic hydroxyl groups excluding tert-OH is 5. The molecule has 0 aromatic carbocycles. The van der Waals surface area contributed by atoms with Crippen LogP contribution in [0.4, 0.5) is 0 Å². The third-order valence-electron chi connectivity index (χ3n) is 9.10. The molecule has 0 spiro atoms. The maximum atomic E-state index is 13.6. The van der Waals surface area contributed by atoms with Gasteiger partial charge in [0, 0.05) is 24.4 Å². The Bertz CT molecular complexity index is 1640. The number of hydrazine groups is 1. The van der Waals surface area contributed by atoms with Crippen molar-refractivity contribution >= 4 is 21.4 Å². The van der Waals surface area contributed by atoms with Crippen LogP contribution in [0.1, 0.15) is 84.3 Å². The van der Waals surface area contributed by atoms with E-state index in [1.165, 1.54) is 25.7 Å². The summed E-state index contributed by atoms with van der Waals surface area (Å²) in [6.07, 6.45) is -1.74. The molecular formula is C31H56N6O16P2.